The molecule has 15 heteroatoms. The smallest absolute Gasteiger partial charge is 0.305 e. The van der Waals surface area contributed by atoms with Crippen LogP contribution < -0.4 is 32.7 Å². The number of nitrogens with zero attached hydrogens (tertiary/aromatic N) is 2. The number of hydrogen-bond donors (Lipinski definition) is 7. The van der Waals surface area contributed by atoms with Crippen LogP contribution in [0, 0.1) is 5.92 Å². The van der Waals surface area contributed by atoms with Crippen molar-refractivity contribution in [3.05, 3.63) is 35.9 Å². The van der Waals surface area contributed by atoms with Gasteiger partial charge in [-0.15, -0.1) is 0 Å². The van der Waals surface area contributed by atoms with Gasteiger partial charge < -0.3 is 42.7 Å². The van der Waals surface area contributed by atoms with Crippen LogP contribution in [0.5, 0.6) is 0 Å². The van der Waals surface area contributed by atoms with Gasteiger partial charge in [-0.1, -0.05) is 44.2 Å². The van der Waals surface area contributed by atoms with E-state index >= 15 is 0 Å². The van der Waals surface area contributed by atoms with Gasteiger partial charge in [-0.2, -0.15) is 0 Å². The molecule has 0 spiro atoms. The fourth-order valence-corrected chi connectivity index (χ4v) is 4.52. The molecule has 1 saturated heterocycles. The number of benzene rings is 1. The molecule has 4 atom stereocenters. The van der Waals surface area contributed by atoms with E-state index in [-0.39, 0.29) is 37.1 Å². The van der Waals surface area contributed by atoms with Crippen LogP contribution in [-0.2, 0) is 35.2 Å². The minimum absolute atomic E-state index is 0.0264. The Hall–Kier alpha value is -4.69. The van der Waals surface area contributed by atoms with Gasteiger partial charge in [0.15, 0.2) is 7.37 Å². The summed E-state index contributed by atoms with van der Waals surface area (Å²) >= 11 is 0. The van der Waals surface area contributed by atoms with Crippen LogP contribution in [0.3, 0.4) is 0 Å². The molecular formula is C27H40N8O7. The lowest BCUT2D eigenvalue weighted by atomic mass is 9.98. The number of aliphatic imine (C=N–C) groups is 1. The number of nitrogens with one attached hydrogen (secondary N) is 4. The zero-order chi connectivity index (χ0) is 32.3. The largest absolute Gasteiger partial charge is 0.481 e. The van der Waals surface area contributed by atoms with Gasteiger partial charge in [0.1, 0.15) is 24.2 Å². The Bertz CT molecular complexity index is 1210. The lowest BCUT2D eigenvalue weighted by molar-refractivity contribution is -0.144. The highest BCUT2D eigenvalue weighted by molar-refractivity contribution is 5.98. The minimum Gasteiger partial charge on any atom is -0.481 e. The molecule has 0 saturated carbocycles. The molecule has 1 fully saturated rings. The molecule has 42 heavy (non-hydrogen) atoms. The Morgan fingerprint density at radius 2 is 1.69 bits per heavy atom. The third kappa shape index (κ3) is 10.4. The van der Waals surface area contributed by atoms with E-state index < -0.39 is 78.6 Å². The van der Waals surface area contributed by atoms with Crippen LogP contribution >= 0.6 is 0 Å². The van der Waals surface area contributed by atoms with Crippen molar-refractivity contribution in [2.45, 2.75) is 63.7 Å². The SMILES string of the molecule is [2H]N1C(=O)CNC(=O)[C@H](CCCN=C(N)N)NC(=O)[C@H](C(C)C)N(C)C(=O)[C@H](Cc2ccccc2)NC(=O)[C@@H]1CC(=O)O. The number of hydrogen-bond acceptors (Lipinski definition) is 7. The first kappa shape index (κ1) is 31.8. The van der Waals surface area contributed by atoms with Gasteiger partial charge in [0.05, 0.1) is 13.0 Å². The summed E-state index contributed by atoms with van der Waals surface area (Å²) in [5.41, 5.74) is 11.4. The van der Waals surface area contributed by atoms with E-state index in [1.807, 2.05) is 0 Å². The van der Waals surface area contributed by atoms with Crippen LogP contribution in [0.1, 0.15) is 38.7 Å². The van der Waals surface area contributed by atoms with Crippen molar-refractivity contribution < 1.29 is 35.3 Å². The zero-order valence-corrected chi connectivity index (χ0v) is 23.9. The first-order chi connectivity index (χ1) is 20.2. The second-order valence-electron chi connectivity index (χ2n) is 10.3. The Kier molecular flexibility index (Phi) is 12.1. The van der Waals surface area contributed by atoms with E-state index in [2.05, 4.69) is 20.9 Å². The Labute approximate surface area is 245 Å². The van der Waals surface area contributed by atoms with E-state index in [4.69, 9.17) is 12.9 Å². The van der Waals surface area contributed by atoms with Gasteiger partial charge >= 0.3 is 5.97 Å². The number of nitrogens with two attached hydrogens (primary N) is 2. The lowest BCUT2D eigenvalue weighted by Gasteiger charge is -2.34. The van der Waals surface area contributed by atoms with Gasteiger partial charge in [-0.25, -0.2) is 0 Å². The van der Waals surface area contributed by atoms with Gasteiger partial charge in [0, 0.05) is 20.0 Å². The molecule has 1 aromatic rings. The highest BCUT2D eigenvalue weighted by Crippen LogP contribution is 2.15. The molecule has 5 amide bonds. The number of carbonyl (C=O) groups is 6. The monoisotopic (exact) mass is 589 g/mol. The van der Waals surface area contributed by atoms with Crippen molar-refractivity contribution in [1.82, 2.24) is 26.2 Å². The maximum absolute atomic E-state index is 13.9. The third-order valence-corrected chi connectivity index (χ3v) is 6.52. The summed E-state index contributed by atoms with van der Waals surface area (Å²) in [6.45, 7) is 2.81. The summed E-state index contributed by atoms with van der Waals surface area (Å²) in [6.07, 6.45) is -0.622. The molecule has 0 aromatic heterocycles. The molecular weight excluding hydrogens is 548 g/mol. The number of guanidine groups is 1. The van der Waals surface area contributed by atoms with E-state index in [0.717, 1.165) is 4.90 Å². The number of amides is 5. The van der Waals surface area contributed by atoms with Gasteiger partial charge in [0.25, 0.3) is 0 Å². The number of carbonyl (C=O) groups excluding carboxylic acids is 5. The summed E-state index contributed by atoms with van der Waals surface area (Å²) in [7, 11) is 1.39. The summed E-state index contributed by atoms with van der Waals surface area (Å²) in [4.78, 5) is 83.2. The van der Waals surface area contributed by atoms with Crippen molar-refractivity contribution in [1.29, 1.82) is 0 Å². The van der Waals surface area contributed by atoms with Crippen molar-refractivity contribution >= 4 is 41.5 Å². The standard InChI is InChI=1S/C27H40N8O7/c1-15(2)22-25(41)33-17(10-7-11-30-27(28)29)23(39)31-14-20(36)32-18(13-21(37)38)24(40)34-19(26(42)35(22)3)12-16-8-5-4-6-9-16/h4-6,8-9,15,17-19,22H,7,10-14H2,1-3H3,(H,31,39)(H,32,36)(H,33,41)(H,34,40)(H,37,38)(H4,28,29,30)/t17-,18-,19-,22-/m0/s1/i/hD. The molecule has 0 aliphatic carbocycles. The van der Waals surface area contributed by atoms with E-state index in [9.17, 15) is 33.9 Å². The predicted octanol–water partition coefficient (Wildman–Crippen LogP) is -2.18. The normalized spacial score (nSPS) is 23.2. The van der Waals surface area contributed by atoms with Crippen molar-refractivity contribution in [2.24, 2.45) is 22.4 Å². The van der Waals surface area contributed by atoms with Gasteiger partial charge in [-0.3, -0.25) is 33.8 Å². The maximum Gasteiger partial charge on any atom is 0.305 e. The molecule has 15 nitrogen and oxygen atoms in total. The Morgan fingerprint density at radius 1 is 1.05 bits per heavy atom. The number of rotatable bonds is 9. The summed E-state index contributed by atoms with van der Waals surface area (Å²) in [6, 6.07) is 3.33. The van der Waals surface area contributed by atoms with Crippen LogP contribution in [0.15, 0.2) is 35.3 Å². The highest BCUT2D eigenvalue weighted by Gasteiger charge is 2.37. The topological polar surface area (TPSA) is 238 Å². The first-order valence-corrected chi connectivity index (χ1v) is 13.5. The summed E-state index contributed by atoms with van der Waals surface area (Å²) in [5, 5.41) is 17.1. The molecule has 0 unspecified atom stereocenters. The van der Waals surface area contributed by atoms with Crippen molar-refractivity contribution in [3.8, 4) is 0 Å². The number of carboxylic acid groups (broad SMARTS) is 1. The Balaban J connectivity index is 2.55. The molecule has 0 radical (unpaired) electrons. The second-order valence-corrected chi connectivity index (χ2v) is 10.3. The number of carboxylic acids is 1. The fraction of sp³-hybridized carbons (Fsp3) is 0.519. The lowest BCUT2D eigenvalue weighted by Crippen LogP contribution is -2.59. The zero-order valence-electron chi connectivity index (χ0n) is 24.9. The van der Waals surface area contributed by atoms with Gasteiger partial charge in [0.2, 0.25) is 29.5 Å². The highest BCUT2D eigenvalue weighted by atomic mass is 16.4. The number of aliphatic carboxylic acids is 1. The van der Waals surface area contributed by atoms with E-state index in [1.54, 1.807) is 44.2 Å². The minimum atomic E-state index is -1.82. The molecule has 0 bridgehead atoms. The fourth-order valence-electron chi connectivity index (χ4n) is 4.52. The van der Waals surface area contributed by atoms with Crippen LogP contribution in [-0.4, -0.2) is 95.8 Å². The summed E-state index contributed by atoms with van der Waals surface area (Å²) < 4.78 is 8.23. The molecule has 1 aliphatic rings. The average Bonchev–Trinajstić information content (AvgIpc) is 2.94. The van der Waals surface area contributed by atoms with Gasteiger partial charge in [-0.05, 0) is 24.3 Å². The van der Waals surface area contributed by atoms with E-state index in [1.165, 1.54) is 7.05 Å². The molecule has 9 N–H and O–H groups in total. The summed E-state index contributed by atoms with van der Waals surface area (Å²) in [5.74, 6) is -6.29. The average molecular weight is 590 g/mol. The van der Waals surface area contributed by atoms with Crippen molar-refractivity contribution in [3.63, 3.8) is 0 Å². The maximum atomic E-state index is 13.9. The second kappa shape index (κ2) is 15.9. The molecule has 1 aromatic carbocycles. The first-order valence-electron chi connectivity index (χ1n) is 13.9. The van der Waals surface area contributed by atoms with E-state index in [0.29, 0.717) is 5.56 Å². The predicted molar refractivity (Wildman–Crippen MR) is 153 cm³/mol. The molecule has 2 rings (SSSR count). The van der Waals surface area contributed by atoms with Crippen LogP contribution in [0.4, 0.5) is 0 Å². The third-order valence-electron chi connectivity index (χ3n) is 6.52. The van der Waals surface area contributed by atoms with Crippen molar-refractivity contribution in [2.75, 3.05) is 20.1 Å². The van der Waals surface area contributed by atoms with Crippen LogP contribution in [0.25, 0.3) is 0 Å². The van der Waals surface area contributed by atoms with Crippen LogP contribution in [0.2, 0.25) is 1.41 Å². The quantitative estimate of drug-likeness (QED) is 0.0940. The number of likely N-dealkylation sites (N-methyl/N-ethyl adjacent to an activating group) is 1. The molecule has 230 valence electrons. The molecule has 1 heterocycles. The Morgan fingerprint density at radius 3 is 2.29 bits per heavy atom. The molecule has 1 aliphatic heterocycles.